The lowest BCUT2D eigenvalue weighted by Crippen LogP contribution is -1.98. The van der Waals surface area contributed by atoms with E-state index < -0.39 is 0 Å². The van der Waals surface area contributed by atoms with E-state index in [1.807, 2.05) is 30.7 Å². The van der Waals surface area contributed by atoms with Gasteiger partial charge in [-0.05, 0) is 36.8 Å². The van der Waals surface area contributed by atoms with Crippen LogP contribution in [0.1, 0.15) is 5.56 Å². The van der Waals surface area contributed by atoms with Crippen LogP contribution in [-0.2, 0) is 7.05 Å². The monoisotopic (exact) mass is 305 g/mol. The quantitative estimate of drug-likeness (QED) is 0.676. The smallest absolute Gasteiger partial charge is 0.144 e. The predicted octanol–water partition coefficient (Wildman–Crippen LogP) is 4.44. The molecule has 0 fully saturated rings. The van der Waals surface area contributed by atoms with Gasteiger partial charge in [-0.25, -0.2) is 4.98 Å². The van der Waals surface area contributed by atoms with Crippen LogP contribution < -0.4 is 5.73 Å². The van der Waals surface area contributed by atoms with Gasteiger partial charge in [0, 0.05) is 7.05 Å². The minimum atomic E-state index is 0.453. The van der Waals surface area contributed by atoms with Gasteiger partial charge in [0.05, 0.1) is 32.3 Å². The van der Waals surface area contributed by atoms with Crippen LogP contribution in [0.4, 0.5) is 5.69 Å². The Balaban J connectivity index is 2.36. The van der Waals surface area contributed by atoms with E-state index in [-0.39, 0.29) is 0 Å². The number of benzene rings is 2. The molecule has 0 saturated heterocycles. The van der Waals surface area contributed by atoms with Gasteiger partial charge in [0.1, 0.15) is 5.82 Å². The number of nitrogens with zero attached hydrogens (tertiary/aromatic N) is 2. The largest absolute Gasteiger partial charge is 0.397 e. The maximum absolute atomic E-state index is 6.27. The third kappa shape index (κ3) is 1.94. The second-order valence-electron chi connectivity index (χ2n) is 4.80. The second-order valence-corrected chi connectivity index (χ2v) is 5.62. The average Bonchev–Trinajstić information content (AvgIpc) is 2.71. The van der Waals surface area contributed by atoms with Crippen molar-refractivity contribution in [2.75, 3.05) is 5.73 Å². The molecular weight excluding hydrogens is 293 g/mol. The van der Waals surface area contributed by atoms with E-state index in [0.29, 0.717) is 21.3 Å². The molecule has 3 rings (SSSR count). The summed E-state index contributed by atoms with van der Waals surface area (Å²) in [7, 11) is 1.94. The highest BCUT2D eigenvalue weighted by Crippen LogP contribution is 2.38. The first-order valence-electron chi connectivity index (χ1n) is 6.16. The summed E-state index contributed by atoms with van der Waals surface area (Å²) in [6, 6.07) is 9.55. The zero-order chi connectivity index (χ0) is 14.4. The zero-order valence-corrected chi connectivity index (χ0v) is 12.6. The molecule has 0 aliphatic heterocycles. The van der Waals surface area contributed by atoms with E-state index in [2.05, 4.69) is 11.1 Å². The molecule has 0 amide bonds. The molecule has 20 heavy (non-hydrogen) atoms. The Morgan fingerprint density at radius 3 is 2.55 bits per heavy atom. The van der Waals surface area contributed by atoms with Crippen LogP contribution in [0.2, 0.25) is 10.0 Å². The Labute approximate surface area is 126 Å². The number of imidazole rings is 1. The summed E-state index contributed by atoms with van der Waals surface area (Å²) in [4.78, 5) is 4.65. The molecule has 0 radical (unpaired) electrons. The fraction of sp³-hybridized carbons (Fsp3) is 0.133. The fourth-order valence-electron chi connectivity index (χ4n) is 2.33. The van der Waals surface area contributed by atoms with Crippen molar-refractivity contribution in [2.24, 2.45) is 7.05 Å². The normalized spacial score (nSPS) is 11.2. The van der Waals surface area contributed by atoms with Crippen molar-refractivity contribution in [3.8, 4) is 11.4 Å². The van der Waals surface area contributed by atoms with Crippen molar-refractivity contribution < 1.29 is 0 Å². The van der Waals surface area contributed by atoms with E-state index in [1.165, 1.54) is 0 Å². The number of aromatic nitrogens is 2. The molecule has 0 unspecified atom stereocenters. The summed E-state index contributed by atoms with van der Waals surface area (Å²) in [5, 5.41) is 1.02. The van der Waals surface area contributed by atoms with Crippen molar-refractivity contribution in [3.63, 3.8) is 0 Å². The highest BCUT2D eigenvalue weighted by atomic mass is 35.5. The first-order chi connectivity index (χ1) is 9.49. The van der Waals surface area contributed by atoms with Crippen LogP contribution in [-0.4, -0.2) is 9.55 Å². The van der Waals surface area contributed by atoms with Crippen LogP contribution in [0.25, 0.3) is 22.4 Å². The van der Waals surface area contributed by atoms with Gasteiger partial charge in [0.25, 0.3) is 0 Å². The number of halogens is 2. The third-order valence-electron chi connectivity index (χ3n) is 3.40. The molecule has 1 heterocycles. The summed E-state index contributed by atoms with van der Waals surface area (Å²) in [5.74, 6) is 0.718. The summed E-state index contributed by atoms with van der Waals surface area (Å²) in [5.41, 5.74) is 10.3. The summed E-state index contributed by atoms with van der Waals surface area (Å²) in [6.45, 7) is 2.04. The van der Waals surface area contributed by atoms with Crippen molar-refractivity contribution >= 4 is 39.9 Å². The molecule has 0 bridgehead atoms. The molecule has 3 aromatic rings. The number of nitrogen functional groups attached to an aromatic ring is 1. The molecule has 0 saturated carbocycles. The number of fused-ring (bicyclic) bond motifs is 1. The van der Waals surface area contributed by atoms with Crippen LogP contribution >= 0.6 is 23.2 Å². The second kappa shape index (κ2) is 4.69. The third-order valence-corrected chi connectivity index (χ3v) is 4.05. The summed E-state index contributed by atoms with van der Waals surface area (Å²) in [6.07, 6.45) is 0. The Kier molecular flexibility index (Phi) is 3.11. The number of aryl methyl sites for hydroxylation is 2. The number of hydrogen-bond acceptors (Lipinski definition) is 2. The average molecular weight is 306 g/mol. The molecule has 0 aliphatic carbocycles. The topological polar surface area (TPSA) is 43.8 Å². The molecule has 5 heteroatoms. The molecule has 3 nitrogen and oxygen atoms in total. The Hall–Kier alpha value is -1.71. The Morgan fingerprint density at radius 1 is 1.10 bits per heavy atom. The number of hydrogen-bond donors (Lipinski definition) is 1. The highest BCUT2D eigenvalue weighted by molar-refractivity contribution is 6.37. The molecule has 0 atom stereocenters. The van der Waals surface area contributed by atoms with Crippen molar-refractivity contribution in [2.45, 2.75) is 6.92 Å². The molecule has 2 N–H and O–H groups in total. The number of anilines is 1. The van der Waals surface area contributed by atoms with Gasteiger partial charge in [0.2, 0.25) is 0 Å². The van der Waals surface area contributed by atoms with Crippen molar-refractivity contribution in [1.82, 2.24) is 9.55 Å². The summed E-state index contributed by atoms with van der Waals surface area (Å²) >= 11 is 12.4. The zero-order valence-electron chi connectivity index (χ0n) is 11.1. The van der Waals surface area contributed by atoms with Gasteiger partial charge < -0.3 is 10.3 Å². The standard InChI is InChI=1S/C15H13Cl2N3/c1-8-3-6-12-11(7-8)19-15(20(12)2)13-9(16)4-5-10(17)14(13)18/h3-7H,18H2,1-2H3. The van der Waals surface area contributed by atoms with E-state index in [9.17, 15) is 0 Å². The van der Waals surface area contributed by atoms with Crippen LogP contribution in [0, 0.1) is 6.92 Å². The minimum absolute atomic E-state index is 0.453. The molecule has 0 spiro atoms. The van der Waals surface area contributed by atoms with Crippen LogP contribution in [0.3, 0.4) is 0 Å². The fourth-order valence-corrected chi connectivity index (χ4v) is 2.73. The van der Waals surface area contributed by atoms with Crippen LogP contribution in [0.15, 0.2) is 30.3 Å². The molecular formula is C15H13Cl2N3. The van der Waals surface area contributed by atoms with Crippen LogP contribution in [0.5, 0.6) is 0 Å². The van der Waals surface area contributed by atoms with Crippen molar-refractivity contribution in [3.05, 3.63) is 45.9 Å². The van der Waals surface area contributed by atoms with E-state index >= 15 is 0 Å². The first kappa shape index (κ1) is 13.3. The lowest BCUT2D eigenvalue weighted by molar-refractivity contribution is 0.960. The van der Waals surface area contributed by atoms with Gasteiger partial charge in [0.15, 0.2) is 0 Å². The van der Waals surface area contributed by atoms with Crippen molar-refractivity contribution in [1.29, 1.82) is 0 Å². The van der Waals surface area contributed by atoms with Gasteiger partial charge in [-0.3, -0.25) is 0 Å². The molecule has 0 aliphatic rings. The number of nitrogens with two attached hydrogens (primary N) is 1. The number of rotatable bonds is 1. The van der Waals surface area contributed by atoms with E-state index in [1.54, 1.807) is 12.1 Å². The SMILES string of the molecule is Cc1ccc2c(c1)nc(-c1c(Cl)ccc(Cl)c1N)n2C. The van der Waals surface area contributed by atoms with Gasteiger partial charge in [-0.2, -0.15) is 0 Å². The Morgan fingerprint density at radius 2 is 1.80 bits per heavy atom. The molecule has 102 valence electrons. The maximum atomic E-state index is 6.27. The van der Waals surface area contributed by atoms with Gasteiger partial charge >= 0.3 is 0 Å². The lowest BCUT2D eigenvalue weighted by atomic mass is 10.1. The maximum Gasteiger partial charge on any atom is 0.144 e. The first-order valence-corrected chi connectivity index (χ1v) is 6.91. The lowest BCUT2D eigenvalue weighted by Gasteiger charge is -2.09. The molecule has 1 aromatic heterocycles. The highest BCUT2D eigenvalue weighted by Gasteiger charge is 2.17. The predicted molar refractivity (Wildman–Crippen MR) is 85.3 cm³/mol. The van der Waals surface area contributed by atoms with Gasteiger partial charge in [-0.15, -0.1) is 0 Å². The van der Waals surface area contributed by atoms with E-state index in [4.69, 9.17) is 28.9 Å². The summed E-state index contributed by atoms with van der Waals surface area (Å²) < 4.78 is 1.97. The Bertz CT molecular complexity index is 822. The van der Waals surface area contributed by atoms with E-state index in [0.717, 1.165) is 22.4 Å². The van der Waals surface area contributed by atoms with Gasteiger partial charge in [-0.1, -0.05) is 29.3 Å². The molecule has 2 aromatic carbocycles. The minimum Gasteiger partial charge on any atom is -0.397 e.